The molecule has 0 radical (unpaired) electrons. The van der Waals surface area contributed by atoms with Crippen molar-refractivity contribution in [1.82, 2.24) is 19.9 Å². The van der Waals surface area contributed by atoms with Gasteiger partial charge in [-0.3, -0.25) is 9.78 Å². The number of nitrogens with zero attached hydrogens (tertiary/aromatic N) is 4. The highest BCUT2D eigenvalue weighted by molar-refractivity contribution is 5.77. The molecular weight excluding hydrogens is 385 g/mol. The number of likely N-dealkylation sites (tertiary alicyclic amines) is 1. The lowest BCUT2D eigenvalue weighted by Gasteiger charge is -2.16. The summed E-state index contributed by atoms with van der Waals surface area (Å²) in [6.07, 6.45) is 4.18. The molecule has 2 aromatic heterocycles. The first kappa shape index (κ1) is 19.9. The number of hydrogen-bond donors (Lipinski definition) is 1. The normalized spacial score (nSPS) is 15.9. The molecule has 1 fully saturated rings. The third kappa shape index (κ3) is 4.60. The summed E-state index contributed by atoms with van der Waals surface area (Å²) < 4.78 is 18.6. The summed E-state index contributed by atoms with van der Waals surface area (Å²) in [4.78, 5) is 27.4. The molecule has 1 aliphatic heterocycles. The molecule has 3 heterocycles. The fraction of sp³-hybridized carbons (Fsp3) is 0.273. The second-order valence-corrected chi connectivity index (χ2v) is 7.13. The largest absolute Gasteiger partial charge is 0.375 e. The summed E-state index contributed by atoms with van der Waals surface area (Å²) in [5.74, 6) is 0.866. The number of hydrogen-bond acceptors (Lipinski definition) is 6. The first-order valence-electron chi connectivity index (χ1n) is 9.71. The number of benzene rings is 1. The van der Waals surface area contributed by atoms with Gasteiger partial charge in [-0.05, 0) is 36.8 Å². The van der Waals surface area contributed by atoms with Gasteiger partial charge in [-0.25, -0.2) is 14.4 Å². The highest BCUT2D eigenvalue weighted by atomic mass is 19.1. The molecule has 7 nitrogen and oxygen atoms in total. The molecular formula is C22H22FN5O2. The quantitative estimate of drug-likeness (QED) is 0.675. The van der Waals surface area contributed by atoms with Crippen LogP contribution in [0.5, 0.6) is 0 Å². The van der Waals surface area contributed by atoms with Gasteiger partial charge in [0.1, 0.15) is 24.1 Å². The van der Waals surface area contributed by atoms with Crippen LogP contribution in [0.3, 0.4) is 0 Å². The van der Waals surface area contributed by atoms with Gasteiger partial charge in [0.15, 0.2) is 0 Å². The van der Waals surface area contributed by atoms with Gasteiger partial charge in [-0.15, -0.1) is 0 Å². The van der Waals surface area contributed by atoms with Gasteiger partial charge in [-0.2, -0.15) is 0 Å². The van der Waals surface area contributed by atoms with Gasteiger partial charge in [0.25, 0.3) is 0 Å². The Balaban J connectivity index is 1.65. The standard InChI is InChI=1S/C22H22FN5O2/c1-30-14-21(29)28-10-7-16(13-28)22-26-19(15-5-8-24-9-6-15)12-20(27-22)25-18-4-2-3-17(23)11-18/h2-6,8-9,11-12,16H,7,10,13-14H2,1H3,(H,25,26,27)/t16-/m0/s1. The van der Waals surface area contributed by atoms with Gasteiger partial charge in [-0.1, -0.05) is 6.07 Å². The van der Waals surface area contributed by atoms with Crippen LogP contribution >= 0.6 is 0 Å². The number of halogens is 1. The first-order valence-corrected chi connectivity index (χ1v) is 9.71. The minimum Gasteiger partial charge on any atom is -0.375 e. The molecule has 1 atom stereocenters. The van der Waals surface area contributed by atoms with E-state index in [4.69, 9.17) is 9.72 Å². The Hall–Kier alpha value is -3.39. The number of nitrogens with one attached hydrogen (secondary N) is 1. The maximum absolute atomic E-state index is 13.6. The molecule has 0 saturated carbocycles. The number of amides is 1. The number of carbonyl (C=O) groups excluding carboxylic acids is 1. The fourth-order valence-electron chi connectivity index (χ4n) is 3.51. The maximum Gasteiger partial charge on any atom is 0.248 e. The molecule has 154 valence electrons. The average molecular weight is 407 g/mol. The molecule has 30 heavy (non-hydrogen) atoms. The molecule has 3 aromatic rings. The number of methoxy groups -OCH3 is 1. The lowest BCUT2D eigenvalue weighted by atomic mass is 10.1. The monoisotopic (exact) mass is 407 g/mol. The maximum atomic E-state index is 13.6. The van der Waals surface area contributed by atoms with E-state index in [0.717, 1.165) is 17.7 Å². The summed E-state index contributed by atoms with van der Waals surface area (Å²) in [7, 11) is 1.51. The van der Waals surface area contributed by atoms with Crippen LogP contribution in [0.1, 0.15) is 18.2 Å². The zero-order valence-corrected chi connectivity index (χ0v) is 16.6. The lowest BCUT2D eigenvalue weighted by Crippen LogP contribution is -2.31. The van der Waals surface area contributed by atoms with Gasteiger partial charge >= 0.3 is 0 Å². The summed E-state index contributed by atoms with van der Waals surface area (Å²) in [6, 6.07) is 11.8. The van der Waals surface area contributed by atoms with Crippen molar-refractivity contribution < 1.29 is 13.9 Å². The molecule has 1 aliphatic rings. The van der Waals surface area contributed by atoms with Crippen LogP contribution < -0.4 is 5.32 Å². The van der Waals surface area contributed by atoms with Gasteiger partial charge in [0.2, 0.25) is 5.91 Å². The highest BCUT2D eigenvalue weighted by Gasteiger charge is 2.29. The Bertz CT molecular complexity index is 1030. The van der Waals surface area contributed by atoms with Crippen LogP contribution in [-0.2, 0) is 9.53 Å². The number of carbonyl (C=O) groups is 1. The average Bonchev–Trinajstić information content (AvgIpc) is 3.25. The minimum absolute atomic E-state index is 0.0145. The first-order chi connectivity index (χ1) is 14.6. The second-order valence-electron chi connectivity index (χ2n) is 7.13. The van der Waals surface area contributed by atoms with Gasteiger partial charge < -0.3 is 15.0 Å². The molecule has 4 rings (SSSR count). The van der Waals surface area contributed by atoms with E-state index in [1.54, 1.807) is 29.4 Å². The predicted octanol–water partition coefficient (Wildman–Crippen LogP) is 3.38. The number of rotatable bonds is 6. The molecule has 0 unspecified atom stereocenters. The smallest absolute Gasteiger partial charge is 0.248 e. The zero-order valence-electron chi connectivity index (χ0n) is 16.6. The number of anilines is 2. The minimum atomic E-state index is -0.327. The Kier molecular flexibility index (Phi) is 5.94. The Morgan fingerprint density at radius 3 is 2.83 bits per heavy atom. The third-order valence-electron chi connectivity index (χ3n) is 4.99. The molecule has 1 saturated heterocycles. The number of aromatic nitrogens is 3. The Morgan fingerprint density at radius 2 is 2.07 bits per heavy atom. The molecule has 1 aromatic carbocycles. The molecule has 1 amide bonds. The lowest BCUT2D eigenvalue weighted by molar-refractivity contribution is -0.134. The molecule has 0 bridgehead atoms. The van der Waals surface area contributed by atoms with E-state index >= 15 is 0 Å². The summed E-state index contributed by atoms with van der Waals surface area (Å²) in [5, 5.41) is 3.17. The summed E-state index contributed by atoms with van der Waals surface area (Å²) in [6.45, 7) is 1.25. The van der Waals surface area contributed by atoms with Crippen LogP contribution in [0.15, 0.2) is 54.9 Å². The van der Waals surface area contributed by atoms with Crippen molar-refractivity contribution >= 4 is 17.4 Å². The van der Waals surface area contributed by atoms with Crippen LogP contribution in [-0.4, -0.2) is 52.6 Å². The second kappa shape index (κ2) is 8.96. The zero-order chi connectivity index (χ0) is 20.9. The number of pyridine rings is 1. The SMILES string of the molecule is COCC(=O)N1CC[C@H](c2nc(Nc3cccc(F)c3)cc(-c3ccncc3)n2)C1. The van der Waals surface area contributed by atoms with E-state index in [-0.39, 0.29) is 24.2 Å². The summed E-state index contributed by atoms with van der Waals surface area (Å²) >= 11 is 0. The topological polar surface area (TPSA) is 80.2 Å². The van der Waals surface area contributed by atoms with Crippen molar-refractivity contribution in [2.75, 3.05) is 32.1 Å². The van der Waals surface area contributed by atoms with E-state index in [1.807, 2.05) is 18.2 Å². The highest BCUT2D eigenvalue weighted by Crippen LogP contribution is 2.29. The van der Waals surface area contributed by atoms with Crippen LogP contribution in [0.25, 0.3) is 11.3 Å². The van der Waals surface area contributed by atoms with Crippen molar-refractivity contribution in [1.29, 1.82) is 0 Å². The van der Waals surface area contributed by atoms with E-state index in [9.17, 15) is 9.18 Å². The van der Waals surface area contributed by atoms with Gasteiger partial charge in [0, 0.05) is 55.8 Å². The third-order valence-corrected chi connectivity index (χ3v) is 4.99. The van der Waals surface area contributed by atoms with E-state index in [1.165, 1.54) is 19.2 Å². The molecule has 0 aliphatic carbocycles. The molecule has 8 heteroatoms. The van der Waals surface area contributed by atoms with Crippen LogP contribution in [0.4, 0.5) is 15.9 Å². The predicted molar refractivity (Wildman–Crippen MR) is 111 cm³/mol. The van der Waals surface area contributed by atoms with E-state index in [2.05, 4.69) is 15.3 Å². The van der Waals surface area contributed by atoms with Crippen molar-refractivity contribution in [2.45, 2.75) is 12.3 Å². The van der Waals surface area contributed by atoms with Crippen molar-refractivity contribution in [3.8, 4) is 11.3 Å². The fourth-order valence-corrected chi connectivity index (χ4v) is 3.51. The van der Waals surface area contributed by atoms with E-state index in [0.29, 0.717) is 30.4 Å². The number of ether oxygens (including phenoxy) is 1. The van der Waals surface area contributed by atoms with Crippen molar-refractivity contribution in [3.63, 3.8) is 0 Å². The van der Waals surface area contributed by atoms with Crippen LogP contribution in [0, 0.1) is 5.82 Å². The Labute approximate surface area is 174 Å². The van der Waals surface area contributed by atoms with Crippen LogP contribution in [0.2, 0.25) is 0 Å². The van der Waals surface area contributed by atoms with Crippen molar-refractivity contribution in [3.05, 3.63) is 66.5 Å². The summed E-state index contributed by atoms with van der Waals surface area (Å²) in [5.41, 5.74) is 2.24. The van der Waals surface area contributed by atoms with Gasteiger partial charge in [0.05, 0.1) is 5.69 Å². The van der Waals surface area contributed by atoms with E-state index < -0.39 is 0 Å². The molecule has 1 N–H and O–H groups in total. The Morgan fingerprint density at radius 1 is 1.23 bits per heavy atom. The van der Waals surface area contributed by atoms with Crippen molar-refractivity contribution in [2.24, 2.45) is 0 Å². The molecule has 0 spiro atoms.